The van der Waals surface area contributed by atoms with Gasteiger partial charge in [0.15, 0.2) is 0 Å². The maximum absolute atomic E-state index is 13.3. The molecule has 2 aliphatic rings. The molecule has 1 amide bonds. The Morgan fingerprint density at radius 1 is 1.16 bits per heavy atom. The Morgan fingerprint density at radius 2 is 1.94 bits per heavy atom. The van der Waals surface area contributed by atoms with Gasteiger partial charge in [0, 0.05) is 24.4 Å². The Bertz CT molecular complexity index is 885. The molecular weight excluding hydrogens is 418 g/mol. The number of hydrogen-bond donors (Lipinski definition) is 0. The molecule has 0 unspecified atom stereocenters. The molecule has 0 atom stereocenters. The second-order valence-corrected chi connectivity index (χ2v) is 10.3. The molecule has 1 aliphatic heterocycles. The highest BCUT2D eigenvalue weighted by molar-refractivity contribution is 7.09. The molecule has 0 spiro atoms. The zero-order valence-corrected chi connectivity index (χ0v) is 20.5. The molecule has 2 aromatic rings. The third kappa shape index (κ3) is 6.10. The van der Waals surface area contributed by atoms with Crippen molar-refractivity contribution in [1.82, 2.24) is 14.8 Å². The number of hydrogen-bond acceptors (Lipinski definition) is 5. The smallest absolute Gasteiger partial charge is 0.226 e. The fraction of sp³-hybridized carbons (Fsp3) is 0.615. The Balaban J connectivity index is 1.37. The fourth-order valence-corrected chi connectivity index (χ4v) is 5.54. The number of piperidine rings is 1. The number of ether oxygens (including phenoxy) is 1. The molecule has 0 N–H and O–H groups in total. The molecule has 1 aromatic heterocycles. The van der Waals surface area contributed by atoms with E-state index in [0.29, 0.717) is 19.1 Å². The van der Waals surface area contributed by atoms with Crippen LogP contribution in [0.4, 0.5) is 0 Å². The highest BCUT2D eigenvalue weighted by Gasteiger charge is 2.28. The summed E-state index contributed by atoms with van der Waals surface area (Å²) in [5.74, 6) is 1.46. The highest BCUT2D eigenvalue weighted by atomic mass is 32.1. The molecule has 2 heterocycles. The molecule has 32 heavy (non-hydrogen) atoms. The van der Waals surface area contributed by atoms with Gasteiger partial charge in [0.2, 0.25) is 5.91 Å². The maximum Gasteiger partial charge on any atom is 0.226 e. The quantitative estimate of drug-likeness (QED) is 0.512. The first kappa shape index (κ1) is 23.2. The summed E-state index contributed by atoms with van der Waals surface area (Å²) in [7, 11) is 0. The normalized spacial score (nSPS) is 17.6. The van der Waals surface area contributed by atoms with Gasteiger partial charge >= 0.3 is 0 Å². The van der Waals surface area contributed by atoms with Crippen LogP contribution in [0, 0.1) is 19.8 Å². The lowest BCUT2D eigenvalue weighted by molar-refractivity contribution is -0.136. The van der Waals surface area contributed by atoms with Gasteiger partial charge in [-0.2, -0.15) is 0 Å². The van der Waals surface area contributed by atoms with E-state index < -0.39 is 0 Å². The summed E-state index contributed by atoms with van der Waals surface area (Å²) >= 11 is 1.63. The van der Waals surface area contributed by atoms with Crippen molar-refractivity contribution in [3.05, 3.63) is 45.4 Å². The van der Waals surface area contributed by atoms with Crippen molar-refractivity contribution < 1.29 is 9.53 Å². The molecule has 2 fully saturated rings. The predicted molar refractivity (Wildman–Crippen MR) is 130 cm³/mol. The van der Waals surface area contributed by atoms with Crippen LogP contribution in [0.3, 0.4) is 0 Å². The first-order chi connectivity index (χ1) is 15.6. The van der Waals surface area contributed by atoms with Gasteiger partial charge in [0.1, 0.15) is 17.4 Å². The SMILES string of the molecule is Cc1cccc(OCc2nc(CN(CCN3CCCCC3)C(=O)C3CCCC3)cs2)c1C. The number of amides is 1. The van der Waals surface area contributed by atoms with E-state index in [1.807, 2.05) is 12.1 Å². The van der Waals surface area contributed by atoms with Gasteiger partial charge in [0.25, 0.3) is 0 Å². The Hall–Kier alpha value is -1.92. The number of aryl methyl sites for hydroxylation is 1. The number of carbonyl (C=O) groups excluding carboxylic acids is 1. The summed E-state index contributed by atoms with van der Waals surface area (Å²) < 4.78 is 6.04. The zero-order chi connectivity index (χ0) is 22.3. The van der Waals surface area contributed by atoms with Crippen molar-refractivity contribution in [2.45, 2.75) is 71.9 Å². The minimum Gasteiger partial charge on any atom is -0.486 e. The third-order valence-corrected chi connectivity index (χ3v) is 7.88. The van der Waals surface area contributed by atoms with Crippen LogP contribution in [0.15, 0.2) is 23.6 Å². The van der Waals surface area contributed by atoms with Crippen LogP contribution in [0.2, 0.25) is 0 Å². The van der Waals surface area contributed by atoms with Gasteiger partial charge in [-0.25, -0.2) is 4.98 Å². The van der Waals surface area contributed by atoms with Crippen LogP contribution in [0.5, 0.6) is 5.75 Å². The lowest BCUT2D eigenvalue weighted by Gasteiger charge is -2.31. The second-order valence-electron chi connectivity index (χ2n) is 9.36. The molecule has 1 saturated heterocycles. The fourth-order valence-electron chi connectivity index (χ4n) is 4.85. The third-order valence-electron chi connectivity index (χ3n) is 7.01. The van der Waals surface area contributed by atoms with Gasteiger partial charge in [-0.05, 0) is 69.8 Å². The largest absolute Gasteiger partial charge is 0.486 e. The van der Waals surface area contributed by atoms with Gasteiger partial charge in [-0.3, -0.25) is 4.79 Å². The predicted octanol–water partition coefficient (Wildman–Crippen LogP) is 5.34. The van der Waals surface area contributed by atoms with Crippen LogP contribution in [-0.4, -0.2) is 46.9 Å². The average Bonchev–Trinajstić information content (AvgIpc) is 3.50. The lowest BCUT2D eigenvalue weighted by Crippen LogP contribution is -2.42. The molecule has 4 rings (SSSR count). The Labute approximate surface area is 196 Å². The molecule has 174 valence electrons. The Morgan fingerprint density at radius 3 is 2.72 bits per heavy atom. The first-order valence-electron chi connectivity index (χ1n) is 12.2. The van der Waals surface area contributed by atoms with Crippen molar-refractivity contribution >= 4 is 17.2 Å². The van der Waals surface area contributed by atoms with E-state index in [0.717, 1.165) is 42.4 Å². The monoisotopic (exact) mass is 455 g/mol. The van der Waals surface area contributed by atoms with E-state index in [1.165, 1.54) is 56.3 Å². The summed E-state index contributed by atoms with van der Waals surface area (Å²) in [6, 6.07) is 6.14. The summed E-state index contributed by atoms with van der Waals surface area (Å²) in [4.78, 5) is 22.7. The molecule has 0 bridgehead atoms. The molecule has 1 aromatic carbocycles. The van der Waals surface area contributed by atoms with Crippen molar-refractivity contribution in [3.8, 4) is 5.75 Å². The molecule has 0 radical (unpaired) electrons. The van der Waals surface area contributed by atoms with E-state index in [-0.39, 0.29) is 5.92 Å². The van der Waals surface area contributed by atoms with E-state index in [2.05, 4.69) is 35.1 Å². The topological polar surface area (TPSA) is 45.7 Å². The number of likely N-dealkylation sites (tertiary alicyclic amines) is 1. The molecule has 1 aliphatic carbocycles. The number of aromatic nitrogens is 1. The van der Waals surface area contributed by atoms with E-state index in [4.69, 9.17) is 9.72 Å². The molecule has 1 saturated carbocycles. The van der Waals surface area contributed by atoms with Gasteiger partial charge in [-0.1, -0.05) is 31.4 Å². The maximum atomic E-state index is 13.3. The van der Waals surface area contributed by atoms with Crippen molar-refractivity contribution in [1.29, 1.82) is 0 Å². The van der Waals surface area contributed by atoms with E-state index in [1.54, 1.807) is 11.3 Å². The number of rotatable bonds is 9. The van der Waals surface area contributed by atoms with Gasteiger partial charge in [-0.15, -0.1) is 11.3 Å². The van der Waals surface area contributed by atoms with Crippen LogP contribution in [0.25, 0.3) is 0 Å². The van der Waals surface area contributed by atoms with Crippen molar-refractivity contribution in [3.63, 3.8) is 0 Å². The van der Waals surface area contributed by atoms with Crippen molar-refractivity contribution in [2.24, 2.45) is 5.92 Å². The second kappa shape index (κ2) is 11.3. The van der Waals surface area contributed by atoms with Gasteiger partial charge < -0.3 is 14.5 Å². The van der Waals surface area contributed by atoms with E-state index in [9.17, 15) is 4.79 Å². The van der Waals surface area contributed by atoms with Crippen LogP contribution >= 0.6 is 11.3 Å². The molecule has 6 heteroatoms. The van der Waals surface area contributed by atoms with Crippen molar-refractivity contribution in [2.75, 3.05) is 26.2 Å². The Kier molecular flexibility index (Phi) is 8.20. The average molecular weight is 456 g/mol. The lowest BCUT2D eigenvalue weighted by atomic mass is 10.1. The number of nitrogens with zero attached hydrogens (tertiary/aromatic N) is 3. The summed E-state index contributed by atoms with van der Waals surface area (Å²) in [6.45, 7) is 9.40. The zero-order valence-electron chi connectivity index (χ0n) is 19.6. The summed E-state index contributed by atoms with van der Waals surface area (Å²) in [5, 5.41) is 3.06. The standard InChI is InChI=1S/C26H37N3O2S/c1-20-9-8-12-24(21(20)2)31-18-25-27-23(19-32-25)17-29(26(30)22-10-4-5-11-22)16-15-28-13-6-3-7-14-28/h8-9,12,19,22H,3-7,10-11,13-18H2,1-2H3. The summed E-state index contributed by atoms with van der Waals surface area (Å²) in [5.41, 5.74) is 3.40. The molecular formula is C26H37N3O2S. The highest BCUT2D eigenvalue weighted by Crippen LogP contribution is 2.28. The first-order valence-corrected chi connectivity index (χ1v) is 13.1. The van der Waals surface area contributed by atoms with Gasteiger partial charge in [0.05, 0.1) is 12.2 Å². The minimum absolute atomic E-state index is 0.210. The van der Waals surface area contributed by atoms with Crippen LogP contribution in [0.1, 0.15) is 66.8 Å². The van der Waals surface area contributed by atoms with E-state index >= 15 is 0 Å². The van der Waals surface area contributed by atoms with Crippen LogP contribution in [-0.2, 0) is 17.9 Å². The number of benzene rings is 1. The minimum atomic E-state index is 0.210. The summed E-state index contributed by atoms with van der Waals surface area (Å²) in [6.07, 6.45) is 8.38. The number of thiazole rings is 1. The molecule has 5 nitrogen and oxygen atoms in total. The van der Waals surface area contributed by atoms with Crippen LogP contribution < -0.4 is 4.74 Å². The number of carbonyl (C=O) groups is 1.